The Kier molecular flexibility index (Phi) is 4.98. The first-order valence-electron chi connectivity index (χ1n) is 4.89. The second-order valence-corrected chi connectivity index (χ2v) is 4.24. The first kappa shape index (κ1) is 11.5. The molecule has 1 aromatic carbocycles. The third-order valence-corrected chi connectivity index (χ3v) is 3.25. The normalized spacial score (nSPS) is 10.5. The van der Waals surface area contributed by atoms with Crippen LogP contribution in [0.1, 0.15) is 25.3 Å². The predicted molar refractivity (Wildman–Crippen MR) is 59.9 cm³/mol. The first-order chi connectivity index (χ1) is 6.79. The highest BCUT2D eigenvalue weighted by Crippen LogP contribution is 2.26. The first-order valence-corrected chi connectivity index (χ1v) is 5.88. The fourth-order valence-corrected chi connectivity index (χ4v) is 2.37. The van der Waals surface area contributed by atoms with E-state index in [4.69, 9.17) is 5.73 Å². The lowest BCUT2D eigenvalue weighted by atomic mass is 10.2. The molecule has 0 spiro atoms. The Morgan fingerprint density at radius 2 is 2.21 bits per heavy atom. The van der Waals surface area contributed by atoms with E-state index in [9.17, 15) is 4.39 Å². The minimum atomic E-state index is -0.144. The highest BCUT2D eigenvalue weighted by atomic mass is 32.2. The molecule has 1 aromatic rings. The van der Waals surface area contributed by atoms with Crippen molar-refractivity contribution in [3.8, 4) is 0 Å². The van der Waals surface area contributed by atoms with Crippen LogP contribution in [0.4, 0.5) is 4.39 Å². The van der Waals surface area contributed by atoms with Crippen LogP contribution in [0.15, 0.2) is 23.1 Å². The van der Waals surface area contributed by atoms with Crippen molar-refractivity contribution in [2.45, 2.75) is 31.2 Å². The fraction of sp³-hybridized carbons (Fsp3) is 0.455. The Morgan fingerprint density at radius 3 is 2.86 bits per heavy atom. The van der Waals surface area contributed by atoms with Crippen LogP contribution >= 0.6 is 11.8 Å². The van der Waals surface area contributed by atoms with Crippen molar-refractivity contribution < 1.29 is 4.39 Å². The van der Waals surface area contributed by atoms with Crippen molar-refractivity contribution in [1.82, 2.24) is 0 Å². The van der Waals surface area contributed by atoms with Gasteiger partial charge in [-0.05, 0) is 23.8 Å². The summed E-state index contributed by atoms with van der Waals surface area (Å²) in [6.07, 6.45) is 2.25. The van der Waals surface area contributed by atoms with Gasteiger partial charge in [0.1, 0.15) is 5.82 Å². The highest BCUT2D eigenvalue weighted by Gasteiger charge is 2.06. The maximum Gasteiger partial charge on any atom is 0.137 e. The lowest BCUT2D eigenvalue weighted by molar-refractivity contribution is 0.597. The number of thioether (sulfide) groups is 1. The zero-order chi connectivity index (χ0) is 10.4. The molecule has 0 aliphatic heterocycles. The van der Waals surface area contributed by atoms with Crippen LogP contribution in [0, 0.1) is 5.82 Å². The minimum absolute atomic E-state index is 0.144. The third-order valence-electron chi connectivity index (χ3n) is 2.01. The van der Waals surface area contributed by atoms with Gasteiger partial charge in [-0.3, -0.25) is 0 Å². The van der Waals surface area contributed by atoms with Gasteiger partial charge in [0.05, 0.1) is 0 Å². The molecule has 0 amide bonds. The zero-order valence-corrected chi connectivity index (χ0v) is 9.24. The lowest BCUT2D eigenvalue weighted by Crippen LogP contribution is -2.00. The van der Waals surface area contributed by atoms with Gasteiger partial charge in [0.2, 0.25) is 0 Å². The van der Waals surface area contributed by atoms with Crippen molar-refractivity contribution in [1.29, 1.82) is 0 Å². The van der Waals surface area contributed by atoms with Gasteiger partial charge in [-0.1, -0.05) is 25.5 Å². The molecule has 0 bridgehead atoms. The van der Waals surface area contributed by atoms with Crippen LogP contribution in [0.25, 0.3) is 0 Å². The molecule has 0 aliphatic carbocycles. The van der Waals surface area contributed by atoms with Gasteiger partial charge in [0.25, 0.3) is 0 Å². The molecule has 0 unspecified atom stereocenters. The van der Waals surface area contributed by atoms with Gasteiger partial charge in [0, 0.05) is 11.4 Å². The van der Waals surface area contributed by atoms with Crippen LogP contribution in [0.3, 0.4) is 0 Å². The Labute approximate surface area is 88.9 Å². The van der Waals surface area contributed by atoms with Crippen molar-refractivity contribution >= 4 is 11.8 Å². The molecular formula is C11H16FNS. The standard InChI is InChI=1S/C11H16FNS/c1-2-3-7-14-11-9(8-13)5-4-6-10(11)12/h4-6H,2-3,7-8,13H2,1H3. The summed E-state index contributed by atoms with van der Waals surface area (Å²) in [5.41, 5.74) is 6.45. The zero-order valence-electron chi connectivity index (χ0n) is 8.42. The van der Waals surface area contributed by atoms with Gasteiger partial charge in [-0.2, -0.15) is 0 Å². The molecule has 3 heteroatoms. The summed E-state index contributed by atoms with van der Waals surface area (Å²) >= 11 is 1.57. The van der Waals surface area contributed by atoms with E-state index in [1.807, 2.05) is 6.07 Å². The van der Waals surface area contributed by atoms with Gasteiger partial charge < -0.3 is 5.73 Å². The molecule has 2 N–H and O–H groups in total. The molecule has 0 heterocycles. The number of hydrogen-bond acceptors (Lipinski definition) is 2. The molecule has 78 valence electrons. The van der Waals surface area contributed by atoms with Crippen LogP contribution in [0.5, 0.6) is 0 Å². The highest BCUT2D eigenvalue weighted by molar-refractivity contribution is 7.99. The van der Waals surface area contributed by atoms with Gasteiger partial charge in [-0.25, -0.2) is 4.39 Å². The van der Waals surface area contributed by atoms with E-state index in [2.05, 4.69) is 6.92 Å². The molecule has 0 aromatic heterocycles. The molecule has 0 fully saturated rings. The second kappa shape index (κ2) is 6.04. The number of nitrogens with two attached hydrogens (primary N) is 1. The third kappa shape index (κ3) is 3.00. The average molecular weight is 213 g/mol. The molecule has 0 saturated carbocycles. The SMILES string of the molecule is CCCCSc1c(F)cccc1CN. The summed E-state index contributed by atoms with van der Waals surface area (Å²) in [6.45, 7) is 2.54. The van der Waals surface area contributed by atoms with E-state index in [1.54, 1.807) is 17.8 Å². The van der Waals surface area contributed by atoms with Gasteiger partial charge in [-0.15, -0.1) is 11.8 Å². The van der Waals surface area contributed by atoms with Crippen molar-refractivity contribution in [3.05, 3.63) is 29.6 Å². The summed E-state index contributed by atoms with van der Waals surface area (Å²) in [6, 6.07) is 5.09. The van der Waals surface area contributed by atoms with Crippen LogP contribution in [0.2, 0.25) is 0 Å². The van der Waals surface area contributed by atoms with Gasteiger partial charge >= 0.3 is 0 Å². The number of hydrogen-bond donors (Lipinski definition) is 1. The fourth-order valence-electron chi connectivity index (χ4n) is 1.19. The average Bonchev–Trinajstić information content (AvgIpc) is 2.20. The summed E-state index contributed by atoms with van der Waals surface area (Å²) in [5, 5.41) is 0. The topological polar surface area (TPSA) is 26.0 Å². The molecule has 14 heavy (non-hydrogen) atoms. The molecule has 0 atom stereocenters. The van der Waals surface area contributed by atoms with E-state index in [1.165, 1.54) is 6.07 Å². The van der Waals surface area contributed by atoms with Crippen molar-refractivity contribution in [3.63, 3.8) is 0 Å². The molecular weight excluding hydrogens is 197 g/mol. The maximum absolute atomic E-state index is 13.4. The van der Waals surface area contributed by atoms with Crippen LogP contribution in [-0.2, 0) is 6.54 Å². The Morgan fingerprint density at radius 1 is 1.43 bits per heavy atom. The number of rotatable bonds is 5. The number of halogens is 1. The largest absolute Gasteiger partial charge is 0.326 e. The molecule has 0 saturated heterocycles. The minimum Gasteiger partial charge on any atom is -0.326 e. The second-order valence-electron chi connectivity index (χ2n) is 3.13. The molecule has 1 nitrogen and oxygen atoms in total. The number of benzene rings is 1. The Hall–Kier alpha value is -0.540. The van der Waals surface area contributed by atoms with E-state index >= 15 is 0 Å². The quantitative estimate of drug-likeness (QED) is 0.600. The van der Waals surface area contributed by atoms with E-state index < -0.39 is 0 Å². The van der Waals surface area contributed by atoms with Crippen molar-refractivity contribution in [2.24, 2.45) is 5.73 Å². The van der Waals surface area contributed by atoms with E-state index in [-0.39, 0.29) is 5.82 Å². The number of unbranched alkanes of at least 4 members (excludes halogenated alkanes) is 1. The van der Waals surface area contributed by atoms with Crippen molar-refractivity contribution in [2.75, 3.05) is 5.75 Å². The Balaban J connectivity index is 2.72. The van der Waals surface area contributed by atoms with E-state index in [0.717, 1.165) is 29.1 Å². The Bertz CT molecular complexity index is 289. The summed E-state index contributed by atoms with van der Waals surface area (Å²) in [5.74, 6) is 0.818. The van der Waals surface area contributed by atoms with E-state index in [0.29, 0.717) is 6.54 Å². The lowest BCUT2D eigenvalue weighted by Gasteiger charge is -2.07. The van der Waals surface area contributed by atoms with Crippen LogP contribution < -0.4 is 5.73 Å². The summed E-state index contributed by atoms with van der Waals surface area (Å²) in [7, 11) is 0. The molecule has 1 rings (SSSR count). The monoisotopic (exact) mass is 213 g/mol. The summed E-state index contributed by atoms with van der Waals surface area (Å²) < 4.78 is 13.4. The smallest absolute Gasteiger partial charge is 0.137 e. The summed E-state index contributed by atoms with van der Waals surface area (Å²) in [4.78, 5) is 0.725. The van der Waals surface area contributed by atoms with Gasteiger partial charge in [0.15, 0.2) is 0 Å². The predicted octanol–water partition coefficient (Wildman–Crippen LogP) is 3.18. The maximum atomic E-state index is 13.4. The van der Waals surface area contributed by atoms with Crippen LogP contribution in [-0.4, -0.2) is 5.75 Å². The molecule has 0 aliphatic rings. The molecule has 0 radical (unpaired) electrons.